The van der Waals surface area contributed by atoms with Crippen LogP contribution in [0.2, 0.25) is 5.02 Å². The number of carbonyl (C=O) groups excluding carboxylic acids is 1. The van der Waals surface area contributed by atoms with Gasteiger partial charge >= 0.3 is 0 Å². The molecule has 21 heavy (non-hydrogen) atoms. The number of rotatable bonds is 3. The average molecular weight is 299 g/mol. The molecule has 0 bridgehead atoms. The van der Waals surface area contributed by atoms with Gasteiger partial charge in [-0.25, -0.2) is 4.39 Å². The number of hydrogen-bond donors (Lipinski definition) is 0. The topological polar surface area (TPSA) is 17.1 Å². The van der Waals surface area contributed by atoms with Crippen LogP contribution in [-0.4, -0.2) is 5.78 Å². The van der Waals surface area contributed by atoms with Crippen molar-refractivity contribution in [3.8, 4) is 0 Å². The van der Waals surface area contributed by atoms with Gasteiger partial charge in [-0.2, -0.15) is 0 Å². The number of hydrogen-bond acceptors (Lipinski definition) is 1. The van der Waals surface area contributed by atoms with Crippen LogP contribution >= 0.6 is 11.6 Å². The molecule has 0 aliphatic rings. The number of halogens is 2. The van der Waals surface area contributed by atoms with Crippen molar-refractivity contribution in [1.82, 2.24) is 0 Å². The van der Waals surface area contributed by atoms with Gasteiger partial charge in [-0.05, 0) is 34.5 Å². The van der Waals surface area contributed by atoms with Crippen molar-refractivity contribution in [3.05, 3.63) is 82.6 Å². The molecule has 0 radical (unpaired) electrons. The summed E-state index contributed by atoms with van der Waals surface area (Å²) in [5, 5.41) is 2.31. The predicted molar refractivity (Wildman–Crippen MR) is 83.4 cm³/mol. The van der Waals surface area contributed by atoms with Crippen molar-refractivity contribution in [3.63, 3.8) is 0 Å². The first-order valence-electron chi connectivity index (χ1n) is 6.60. The summed E-state index contributed by atoms with van der Waals surface area (Å²) in [5.41, 5.74) is 0.924. The summed E-state index contributed by atoms with van der Waals surface area (Å²) in [4.78, 5) is 12.5. The minimum Gasteiger partial charge on any atom is -0.294 e. The van der Waals surface area contributed by atoms with Gasteiger partial charge in [-0.1, -0.05) is 54.1 Å². The van der Waals surface area contributed by atoms with E-state index >= 15 is 0 Å². The summed E-state index contributed by atoms with van der Waals surface area (Å²) in [7, 11) is 0. The Morgan fingerprint density at radius 2 is 1.76 bits per heavy atom. The Labute approximate surface area is 127 Å². The predicted octanol–water partition coefficient (Wildman–Crippen LogP) is 5.06. The minimum absolute atomic E-state index is 0.000398. The zero-order chi connectivity index (χ0) is 14.8. The highest BCUT2D eigenvalue weighted by Crippen LogP contribution is 2.22. The van der Waals surface area contributed by atoms with Crippen LogP contribution in [0.4, 0.5) is 4.39 Å². The fourth-order valence-corrected chi connectivity index (χ4v) is 2.61. The highest BCUT2D eigenvalue weighted by molar-refractivity contribution is 6.30. The van der Waals surface area contributed by atoms with E-state index in [0.717, 1.165) is 10.8 Å². The van der Waals surface area contributed by atoms with Crippen LogP contribution in [0, 0.1) is 5.82 Å². The molecule has 3 heteroatoms. The lowest BCUT2D eigenvalue weighted by Gasteiger charge is -2.07. The summed E-state index contributed by atoms with van der Waals surface area (Å²) in [5.74, 6) is -0.527. The first-order valence-corrected chi connectivity index (χ1v) is 6.98. The second kappa shape index (κ2) is 5.66. The smallest absolute Gasteiger partial charge is 0.167 e. The van der Waals surface area contributed by atoms with E-state index in [4.69, 9.17) is 11.6 Å². The Balaban J connectivity index is 1.99. The zero-order valence-electron chi connectivity index (χ0n) is 11.1. The molecule has 0 amide bonds. The fourth-order valence-electron chi connectivity index (χ4n) is 2.42. The van der Waals surface area contributed by atoms with E-state index in [0.29, 0.717) is 16.1 Å². The van der Waals surface area contributed by atoms with Gasteiger partial charge in [0, 0.05) is 17.0 Å². The second-order valence-corrected chi connectivity index (χ2v) is 5.30. The van der Waals surface area contributed by atoms with Gasteiger partial charge in [0.25, 0.3) is 0 Å². The molecule has 0 unspecified atom stereocenters. The van der Waals surface area contributed by atoms with E-state index in [9.17, 15) is 9.18 Å². The molecule has 0 fully saturated rings. The van der Waals surface area contributed by atoms with E-state index in [1.807, 2.05) is 36.4 Å². The molecule has 1 nitrogen and oxygen atoms in total. The maximum Gasteiger partial charge on any atom is 0.167 e. The van der Waals surface area contributed by atoms with E-state index in [1.165, 1.54) is 18.2 Å². The molecule has 0 aromatic heterocycles. The highest BCUT2D eigenvalue weighted by Gasteiger charge is 2.13. The lowest BCUT2D eigenvalue weighted by atomic mass is 9.97. The number of benzene rings is 3. The Morgan fingerprint density at radius 3 is 2.62 bits per heavy atom. The van der Waals surface area contributed by atoms with E-state index in [-0.39, 0.29) is 12.2 Å². The number of ketones is 1. The van der Waals surface area contributed by atoms with Crippen molar-refractivity contribution < 1.29 is 9.18 Å². The van der Waals surface area contributed by atoms with E-state index < -0.39 is 5.82 Å². The Bertz CT molecular complexity index is 821. The van der Waals surface area contributed by atoms with Crippen LogP contribution < -0.4 is 0 Å². The average Bonchev–Trinajstić information content (AvgIpc) is 2.50. The molecule has 3 aromatic carbocycles. The van der Waals surface area contributed by atoms with Crippen LogP contribution in [0.15, 0.2) is 60.7 Å². The van der Waals surface area contributed by atoms with E-state index in [1.54, 1.807) is 6.07 Å². The van der Waals surface area contributed by atoms with E-state index in [2.05, 4.69) is 0 Å². The molecule has 0 saturated carbocycles. The van der Waals surface area contributed by atoms with Crippen LogP contribution in [0.25, 0.3) is 10.8 Å². The molecular formula is C18H12ClFO. The lowest BCUT2D eigenvalue weighted by molar-refractivity contribution is 0.0993. The summed E-state index contributed by atoms with van der Waals surface area (Å²) in [6.07, 6.45) is 0.000398. The first kappa shape index (κ1) is 13.8. The van der Waals surface area contributed by atoms with Crippen molar-refractivity contribution in [1.29, 1.82) is 0 Å². The van der Waals surface area contributed by atoms with Crippen molar-refractivity contribution in [2.24, 2.45) is 0 Å². The summed E-state index contributed by atoms with van der Waals surface area (Å²) >= 11 is 5.86. The fraction of sp³-hybridized carbons (Fsp3) is 0.0556. The third-order valence-corrected chi connectivity index (χ3v) is 3.68. The van der Waals surface area contributed by atoms with Crippen LogP contribution in [0.3, 0.4) is 0 Å². The number of Topliss-reactive ketones (excluding diaryl/α,β-unsaturated/α-hetero) is 1. The molecule has 0 saturated heterocycles. The summed E-state index contributed by atoms with van der Waals surface area (Å²) in [6, 6.07) is 17.5. The van der Waals surface area contributed by atoms with Gasteiger partial charge in [0.2, 0.25) is 0 Å². The van der Waals surface area contributed by atoms with Crippen molar-refractivity contribution >= 4 is 28.2 Å². The lowest BCUT2D eigenvalue weighted by Crippen LogP contribution is -2.06. The van der Waals surface area contributed by atoms with Gasteiger partial charge in [-0.15, -0.1) is 0 Å². The third kappa shape index (κ3) is 2.81. The van der Waals surface area contributed by atoms with Gasteiger partial charge in [0.15, 0.2) is 5.78 Å². The van der Waals surface area contributed by atoms with Crippen molar-refractivity contribution in [2.45, 2.75) is 6.42 Å². The van der Waals surface area contributed by atoms with Gasteiger partial charge < -0.3 is 0 Å². The maximum atomic E-state index is 13.7. The SMILES string of the molecule is O=C(Cc1cc(Cl)ccc1F)c1cccc2ccccc12. The Morgan fingerprint density at radius 1 is 1.00 bits per heavy atom. The summed E-state index contributed by atoms with van der Waals surface area (Å²) < 4.78 is 13.7. The molecule has 3 rings (SSSR count). The standard InChI is InChI=1S/C18H12ClFO/c19-14-8-9-17(20)13(10-14)11-18(21)16-7-3-5-12-4-1-2-6-15(12)16/h1-10H,11H2. The van der Waals surface area contributed by atoms with Crippen LogP contribution in [-0.2, 0) is 6.42 Å². The molecule has 104 valence electrons. The summed E-state index contributed by atoms with van der Waals surface area (Å²) in [6.45, 7) is 0. The number of carbonyl (C=O) groups is 1. The molecule has 0 N–H and O–H groups in total. The Kier molecular flexibility index (Phi) is 3.72. The third-order valence-electron chi connectivity index (χ3n) is 3.45. The van der Waals surface area contributed by atoms with Gasteiger partial charge in [0.1, 0.15) is 5.82 Å². The zero-order valence-corrected chi connectivity index (χ0v) is 11.9. The second-order valence-electron chi connectivity index (χ2n) is 4.86. The van der Waals surface area contributed by atoms with Gasteiger partial charge in [0.05, 0.1) is 0 Å². The normalized spacial score (nSPS) is 10.8. The largest absolute Gasteiger partial charge is 0.294 e. The molecule has 0 atom stereocenters. The quantitative estimate of drug-likeness (QED) is 0.618. The highest BCUT2D eigenvalue weighted by atomic mass is 35.5. The Hall–Kier alpha value is -2.19. The van der Waals surface area contributed by atoms with Crippen molar-refractivity contribution in [2.75, 3.05) is 0 Å². The molecule has 0 aliphatic heterocycles. The molecule has 3 aromatic rings. The van der Waals surface area contributed by atoms with Crippen LogP contribution in [0.5, 0.6) is 0 Å². The molecule has 0 aliphatic carbocycles. The van der Waals surface area contributed by atoms with Gasteiger partial charge in [-0.3, -0.25) is 4.79 Å². The number of fused-ring (bicyclic) bond motifs is 1. The molecular weight excluding hydrogens is 287 g/mol. The molecule has 0 spiro atoms. The first-order chi connectivity index (χ1) is 10.1. The maximum absolute atomic E-state index is 13.7. The van der Waals surface area contributed by atoms with Crippen LogP contribution in [0.1, 0.15) is 15.9 Å². The molecule has 0 heterocycles. The monoisotopic (exact) mass is 298 g/mol. The minimum atomic E-state index is -0.409.